The van der Waals surface area contributed by atoms with E-state index in [1.54, 1.807) is 11.3 Å². The molecule has 2 heterocycles. The van der Waals surface area contributed by atoms with Crippen molar-refractivity contribution in [3.8, 4) is 0 Å². The Bertz CT molecular complexity index is 517. The first-order valence-corrected chi connectivity index (χ1v) is 7.42. The number of H-pyrrole nitrogens is 1. The lowest BCUT2D eigenvalue weighted by molar-refractivity contribution is 0.0912. The quantitative estimate of drug-likeness (QED) is 0.901. The van der Waals surface area contributed by atoms with Crippen molar-refractivity contribution in [1.82, 2.24) is 20.5 Å². The number of hydrogen-bond donors (Lipinski definition) is 2. The Morgan fingerprint density at radius 2 is 2.32 bits per heavy atom. The van der Waals surface area contributed by atoms with Crippen LogP contribution in [-0.4, -0.2) is 21.1 Å². The third-order valence-electron chi connectivity index (χ3n) is 3.64. The highest BCUT2D eigenvalue weighted by Crippen LogP contribution is 2.37. The Morgan fingerprint density at radius 3 is 2.95 bits per heavy atom. The number of hydrogen-bond acceptors (Lipinski definition) is 4. The average Bonchev–Trinajstić information content (AvgIpc) is 3.17. The van der Waals surface area contributed by atoms with Crippen molar-refractivity contribution in [3.05, 3.63) is 34.5 Å². The van der Waals surface area contributed by atoms with E-state index in [-0.39, 0.29) is 17.8 Å². The van der Waals surface area contributed by atoms with Gasteiger partial charge >= 0.3 is 0 Å². The zero-order chi connectivity index (χ0) is 13.1. The third-order valence-corrected chi connectivity index (χ3v) is 4.59. The molecule has 1 amide bonds. The van der Waals surface area contributed by atoms with E-state index in [1.807, 2.05) is 6.07 Å². The Balaban J connectivity index is 1.77. The monoisotopic (exact) mass is 276 g/mol. The molecule has 1 fully saturated rings. The minimum atomic E-state index is -0.178. The van der Waals surface area contributed by atoms with Gasteiger partial charge in [-0.3, -0.25) is 9.89 Å². The molecule has 5 nitrogen and oxygen atoms in total. The van der Waals surface area contributed by atoms with Gasteiger partial charge in [-0.05, 0) is 30.2 Å². The number of rotatable bonds is 4. The molecule has 19 heavy (non-hydrogen) atoms. The zero-order valence-electron chi connectivity index (χ0n) is 10.5. The van der Waals surface area contributed by atoms with Crippen molar-refractivity contribution in [2.45, 2.75) is 31.7 Å². The molecule has 0 aliphatic heterocycles. The smallest absolute Gasteiger partial charge is 0.289 e. The summed E-state index contributed by atoms with van der Waals surface area (Å²) in [6, 6.07) is 4.22. The minimum absolute atomic E-state index is 0.0973. The molecule has 3 rings (SSSR count). The Kier molecular flexibility index (Phi) is 3.59. The molecule has 1 atom stereocenters. The van der Waals surface area contributed by atoms with E-state index in [4.69, 9.17) is 0 Å². The van der Waals surface area contributed by atoms with Gasteiger partial charge < -0.3 is 5.32 Å². The van der Waals surface area contributed by atoms with E-state index in [0.717, 1.165) is 0 Å². The lowest BCUT2D eigenvalue weighted by atomic mass is 9.96. The second-order valence-electron chi connectivity index (χ2n) is 4.85. The number of carbonyl (C=O) groups excluding carboxylic acids is 1. The van der Waals surface area contributed by atoms with Crippen LogP contribution in [0.5, 0.6) is 0 Å². The van der Waals surface area contributed by atoms with Gasteiger partial charge in [-0.25, -0.2) is 4.98 Å². The highest BCUT2D eigenvalue weighted by atomic mass is 32.1. The van der Waals surface area contributed by atoms with Crippen molar-refractivity contribution in [1.29, 1.82) is 0 Å². The summed E-state index contributed by atoms with van der Waals surface area (Å²) in [7, 11) is 0. The lowest BCUT2D eigenvalue weighted by Crippen LogP contribution is -2.32. The van der Waals surface area contributed by atoms with Crippen LogP contribution in [0, 0.1) is 5.92 Å². The second-order valence-corrected chi connectivity index (χ2v) is 5.82. The molecule has 1 unspecified atom stereocenters. The molecule has 0 aromatic carbocycles. The van der Waals surface area contributed by atoms with E-state index in [1.165, 1.54) is 36.9 Å². The molecule has 0 spiro atoms. The van der Waals surface area contributed by atoms with E-state index >= 15 is 0 Å². The number of carbonyl (C=O) groups is 1. The van der Waals surface area contributed by atoms with Gasteiger partial charge in [-0.2, -0.15) is 5.10 Å². The van der Waals surface area contributed by atoms with Gasteiger partial charge in [-0.15, -0.1) is 11.3 Å². The number of aromatic nitrogens is 3. The summed E-state index contributed by atoms with van der Waals surface area (Å²) in [5.74, 6) is 0.632. The highest BCUT2D eigenvalue weighted by Gasteiger charge is 2.29. The average molecular weight is 276 g/mol. The van der Waals surface area contributed by atoms with Crippen molar-refractivity contribution >= 4 is 17.2 Å². The van der Waals surface area contributed by atoms with Crippen molar-refractivity contribution < 1.29 is 4.79 Å². The van der Waals surface area contributed by atoms with Crippen LogP contribution in [-0.2, 0) is 0 Å². The summed E-state index contributed by atoms with van der Waals surface area (Å²) < 4.78 is 0. The summed E-state index contributed by atoms with van der Waals surface area (Å²) in [4.78, 5) is 17.3. The van der Waals surface area contributed by atoms with Crippen LogP contribution >= 0.6 is 11.3 Å². The first-order valence-electron chi connectivity index (χ1n) is 6.54. The molecule has 1 saturated carbocycles. The summed E-state index contributed by atoms with van der Waals surface area (Å²) >= 11 is 1.70. The number of nitrogens with one attached hydrogen (secondary N) is 2. The van der Waals surface area contributed by atoms with Crippen LogP contribution in [0.15, 0.2) is 23.8 Å². The fraction of sp³-hybridized carbons (Fsp3) is 0.462. The van der Waals surface area contributed by atoms with Crippen molar-refractivity contribution in [2.75, 3.05) is 0 Å². The highest BCUT2D eigenvalue weighted by molar-refractivity contribution is 7.10. The minimum Gasteiger partial charge on any atom is -0.341 e. The van der Waals surface area contributed by atoms with Crippen molar-refractivity contribution in [3.63, 3.8) is 0 Å². The van der Waals surface area contributed by atoms with Gasteiger partial charge in [0.25, 0.3) is 5.91 Å². The molecule has 0 radical (unpaired) electrons. The normalized spacial score (nSPS) is 17.5. The predicted molar refractivity (Wildman–Crippen MR) is 72.9 cm³/mol. The summed E-state index contributed by atoms with van der Waals surface area (Å²) in [6.45, 7) is 0. The maximum atomic E-state index is 12.1. The number of aromatic amines is 1. The molecule has 6 heteroatoms. The molecular weight excluding hydrogens is 260 g/mol. The molecule has 1 aliphatic rings. The maximum Gasteiger partial charge on any atom is 0.289 e. The molecule has 0 saturated heterocycles. The zero-order valence-corrected chi connectivity index (χ0v) is 11.3. The van der Waals surface area contributed by atoms with Gasteiger partial charge in [0.1, 0.15) is 6.33 Å². The lowest BCUT2D eigenvalue weighted by Gasteiger charge is -2.23. The predicted octanol–water partition coefficient (Wildman–Crippen LogP) is 2.53. The van der Waals surface area contributed by atoms with Crippen molar-refractivity contribution in [2.24, 2.45) is 5.92 Å². The van der Waals surface area contributed by atoms with E-state index < -0.39 is 0 Å². The van der Waals surface area contributed by atoms with E-state index in [2.05, 4.69) is 31.9 Å². The Hall–Kier alpha value is -1.69. The number of thiophene rings is 1. The van der Waals surface area contributed by atoms with Crippen LogP contribution in [0.1, 0.15) is 47.2 Å². The molecule has 2 N–H and O–H groups in total. The van der Waals surface area contributed by atoms with Crippen LogP contribution in [0.25, 0.3) is 0 Å². The Labute approximate surface area is 115 Å². The fourth-order valence-electron chi connectivity index (χ4n) is 2.70. The first-order chi connectivity index (χ1) is 9.34. The summed E-state index contributed by atoms with van der Waals surface area (Å²) in [6.07, 6.45) is 6.22. The molecule has 2 aromatic rings. The Morgan fingerprint density at radius 1 is 1.47 bits per heavy atom. The SMILES string of the molecule is O=C(NC(c1cccs1)C1CCCC1)c1ncn[nH]1. The first kappa shape index (κ1) is 12.3. The largest absolute Gasteiger partial charge is 0.341 e. The van der Waals surface area contributed by atoms with Gasteiger partial charge in [-0.1, -0.05) is 18.9 Å². The van der Waals surface area contributed by atoms with Gasteiger partial charge in [0.15, 0.2) is 0 Å². The summed E-state index contributed by atoms with van der Waals surface area (Å²) in [5.41, 5.74) is 0. The summed E-state index contributed by atoms with van der Waals surface area (Å²) in [5, 5.41) is 11.5. The molecule has 100 valence electrons. The van der Waals surface area contributed by atoms with Crippen LogP contribution in [0.2, 0.25) is 0 Å². The second kappa shape index (κ2) is 5.52. The maximum absolute atomic E-state index is 12.1. The van der Waals surface area contributed by atoms with Gasteiger partial charge in [0, 0.05) is 4.88 Å². The standard InChI is InChI=1S/C13H16N4OS/c18-13(12-14-8-15-17-12)16-11(9-4-1-2-5-9)10-6-3-7-19-10/h3,6-9,11H,1-2,4-5H2,(H,16,18)(H,14,15,17). The van der Waals surface area contributed by atoms with Gasteiger partial charge in [0.2, 0.25) is 5.82 Å². The molecule has 0 bridgehead atoms. The number of nitrogens with zero attached hydrogens (tertiary/aromatic N) is 2. The third kappa shape index (κ3) is 2.68. The fourth-order valence-corrected chi connectivity index (χ4v) is 3.57. The molecule has 2 aromatic heterocycles. The number of amides is 1. The topological polar surface area (TPSA) is 70.7 Å². The molecular formula is C13H16N4OS. The van der Waals surface area contributed by atoms with E-state index in [0.29, 0.717) is 5.92 Å². The van der Waals surface area contributed by atoms with Gasteiger partial charge in [0.05, 0.1) is 6.04 Å². The van der Waals surface area contributed by atoms with E-state index in [9.17, 15) is 4.79 Å². The molecule has 1 aliphatic carbocycles. The van der Waals surface area contributed by atoms with Crippen LogP contribution in [0.3, 0.4) is 0 Å². The van der Waals surface area contributed by atoms with Crippen LogP contribution in [0.4, 0.5) is 0 Å². The van der Waals surface area contributed by atoms with Crippen LogP contribution < -0.4 is 5.32 Å².